The molecule has 0 saturated carbocycles. The van der Waals surface area contributed by atoms with Crippen LogP contribution in [0.4, 0.5) is 0 Å². The summed E-state index contributed by atoms with van der Waals surface area (Å²) in [5.74, 6) is 0.898. The van der Waals surface area contributed by atoms with Crippen molar-refractivity contribution in [2.45, 2.75) is 39.3 Å². The minimum atomic E-state index is -0.299. The van der Waals surface area contributed by atoms with Gasteiger partial charge in [0.1, 0.15) is 5.75 Å². The topological polar surface area (TPSA) is 84.7 Å². The second-order valence-corrected chi connectivity index (χ2v) is 7.09. The highest BCUT2D eigenvalue weighted by atomic mass is 16.5. The second kappa shape index (κ2) is 8.85. The molecule has 25 heavy (non-hydrogen) atoms. The van der Waals surface area contributed by atoms with Gasteiger partial charge in [-0.05, 0) is 30.0 Å². The Hall–Kier alpha value is -2.08. The van der Waals surface area contributed by atoms with Gasteiger partial charge in [-0.3, -0.25) is 9.59 Å². The van der Waals surface area contributed by atoms with Crippen LogP contribution in [0.5, 0.6) is 5.75 Å². The van der Waals surface area contributed by atoms with Gasteiger partial charge in [-0.2, -0.15) is 0 Å². The quantitative estimate of drug-likeness (QED) is 0.747. The maximum absolute atomic E-state index is 12.5. The molecule has 1 aliphatic rings. The molecule has 1 fully saturated rings. The summed E-state index contributed by atoms with van der Waals surface area (Å²) in [6, 6.07) is 7.59. The first-order valence-corrected chi connectivity index (χ1v) is 8.84. The molecule has 0 aliphatic carbocycles. The molecule has 2 atom stereocenters. The molecule has 0 aromatic heterocycles. The van der Waals surface area contributed by atoms with E-state index in [1.807, 2.05) is 24.3 Å². The monoisotopic (exact) mass is 347 g/mol. The van der Waals surface area contributed by atoms with Crippen LogP contribution >= 0.6 is 0 Å². The first-order valence-electron chi connectivity index (χ1n) is 8.84. The van der Waals surface area contributed by atoms with Crippen molar-refractivity contribution in [1.82, 2.24) is 10.2 Å². The molecule has 1 saturated heterocycles. The number of carbonyl (C=O) groups excluding carboxylic acids is 2. The molecule has 2 rings (SSSR count). The summed E-state index contributed by atoms with van der Waals surface area (Å²) in [4.78, 5) is 26.4. The number of hydrogen-bond acceptors (Lipinski definition) is 4. The van der Waals surface area contributed by atoms with E-state index in [1.165, 1.54) is 0 Å². The van der Waals surface area contributed by atoms with E-state index in [0.29, 0.717) is 25.6 Å². The van der Waals surface area contributed by atoms with Gasteiger partial charge in [-0.25, -0.2) is 0 Å². The lowest BCUT2D eigenvalue weighted by Crippen LogP contribution is -2.44. The number of rotatable bonds is 8. The van der Waals surface area contributed by atoms with Crippen LogP contribution in [0.3, 0.4) is 0 Å². The van der Waals surface area contributed by atoms with Gasteiger partial charge in [-0.15, -0.1) is 0 Å². The summed E-state index contributed by atoms with van der Waals surface area (Å²) >= 11 is 0. The molecule has 1 aromatic carbocycles. The third-order valence-corrected chi connectivity index (χ3v) is 4.50. The Labute approximate surface area is 149 Å². The molecular weight excluding hydrogens is 318 g/mol. The van der Waals surface area contributed by atoms with E-state index in [2.05, 4.69) is 19.2 Å². The highest BCUT2D eigenvalue weighted by Gasteiger charge is 2.34. The van der Waals surface area contributed by atoms with E-state index < -0.39 is 0 Å². The Bertz CT molecular complexity index is 586. The van der Waals surface area contributed by atoms with E-state index in [1.54, 1.807) is 12.0 Å². The number of ether oxygens (including phenoxy) is 1. The zero-order chi connectivity index (χ0) is 18.4. The summed E-state index contributed by atoms with van der Waals surface area (Å²) in [5, 5.41) is 3.00. The highest BCUT2D eigenvalue weighted by molar-refractivity contribution is 5.89. The van der Waals surface area contributed by atoms with Gasteiger partial charge in [0, 0.05) is 32.1 Å². The molecule has 3 N–H and O–H groups in total. The summed E-state index contributed by atoms with van der Waals surface area (Å²) in [6.07, 6.45) is 1.11. The number of methoxy groups -OCH3 is 1. The lowest BCUT2D eigenvalue weighted by atomic mass is 10.0. The first kappa shape index (κ1) is 19.2. The van der Waals surface area contributed by atoms with Crippen LogP contribution in [0.15, 0.2) is 24.3 Å². The normalized spacial score (nSPS) is 18.5. The Morgan fingerprint density at radius 1 is 1.36 bits per heavy atom. The average Bonchev–Trinajstić information content (AvgIpc) is 2.95. The van der Waals surface area contributed by atoms with Crippen molar-refractivity contribution in [3.63, 3.8) is 0 Å². The van der Waals surface area contributed by atoms with E-state index in [4.69, 9.17) is 10.5 Å². The van der Waals surface area contributed by atoms with E-state index in [9.17, 15) is 9.59 Å². The van der Waals surface area contributed by atoms with Crippen molar-refractivity contribution in [2.75, 3.05) is 20.2 Å². The fraction of sp³-hybridized carbons (Fsp3) is 0.579. The average molecular weight is 347 g/mol. The number of nitrogens with zero attached hydrogens (tertiary/aromatic N) is 1. The second-order valence-electron chi connectivity index (χ2n) is 7.09. The van der Waals surface area contributed by atoms with Crippen LogP contribution < -0.4 is 15.8 Å². The van der Waals surface area contributed by atoms with Crippen molar-refractivity contribution >= 4 is 11.8 Å². The third kappa shape index (κ3) is 5.46. The van der Waals surface area contributed by atoms with Gasteiger partial charge in [0.2, 0.25) is 11.8 Å². The maximum Gasteiger partial charge on any atom is 0.225 e. The minimum absolute atomic E-state index is 0.0177. The molecule has 1 heterocycles. The SMILES string of the molecule is COc1ccc(CN2CC(C(=O)NC(CN)CC(C)C)CC2=O)cc1. The molecular formula is C19H29N3O3. The minimum Gasteiger partial charge on any atom is -0.497 e. The predicted molar refractivity (Wildman–Crippen MR) is 97.0 cm³/mol. The van der Waals surface area contributed by atoms with E-state index >= 15 is 0 Å². The molecule has 1 aliphatic heterocycles. The third-order valence-electron chi connectivity index (χ3n) is 4.50. The number of carbonyl (C=O) groups is 2. The lowest BCUT2D eigenvalue weighted by molar-refractivity contribution is -0.129. The Morgan fingerprint density at radius 3 is 2.60 bits per heavy atom. The molecule has 0 radical (unpaired) electrons. The smallest absolute Gasteiger partial charge is 0.225 e. The van der Waals surface area contributed by atoms with Crippen LogP contribution in [0.25, 0.3) is 0 Å². The number of amides is 2. The molecule has 6 heteroatoms. The summed E-state index contributed by atoms with van der Waals surface area (Å²) in [7, 11) is 1.62. The maximum atomic E-state index is 12.5. The van der Waals surface area contributed by atoms with Crippen LogP contribution in [0, 0.1) is 11.8 Å². The number of likely N-dealkylation sites (tertiary alicyclic amines) is 1. The van der Waals surface area contributed by atoms with Gasteiger partial charge >= 0.3 is 0 Å². The largest absolute Gasteiger partial charge is 0.497 e. The fourth-order valence-electron chi connectivity index (χ4n) is 3.15. The van der Waals surface area contributed by atoms with Gasteiger partial charge in [0.05, 0.1) is 13.0 Å². The molecule has 138 valence electrons. The van der Waals surface area contributed by atoms with Crippen LogP contribution in [-0.4, -0.2) is 43.0 Å². The first-order chi connectivity index (χ1) is 11.9. The Kier molecular flexibility index (Phi) is 6.82. The molecule has 0 spiro atoms. The van der Waals surface area contributed by atoms with E-state index in [0.717, 1.165) is 17.7 Å². The van der Waals surface area contributed by atoms with Gasteiger partial charge < -0.3 is 20.7 Å². The van der Waals surface area contributed by atoms with Crippen LogP contribution in [0.2, 0.25) is 0 Å². The molecule has 2 amide bonds. The van der Waals surface area contributed by atoms with Crippen molar-refractivity contribution in [1.29, 1.82) is 0 Å². The Morgan fingerprint density at radius 2 is 2.04 bits per heavy atom. The van der Waals surface area contributed by atoms with Crippen LogP contribution in [0.1, 0.15) is 32.3 Å². The van der Waals surface area contributed by atoms with Crippen molar-refractivity contribution in [3.05, 3.63) is 29.8 Å². The summed E-state index contributed by atoms with van der Waals surface area (Å²) < 4.78 is 5.14. The summed E-state index contributed by atoms with van der Waals surface area (Å²) in [5.41, 5.74) is 6.77. The molecule has 2 unspecified atom stereocenters. The van der Waals surface area contributed by atoms with Gasteiger partial charge in [0.15, 0.2) is 0 Å². The van der Waals surface area contributed by atoms with E-state index in [-0.39, 0.29) is 30.2 Å². The molecule has 1 aromatic rings. The van der Waals surface area contributed by atoms with Crippen molar-refractivity contribution < 1.29 is 14.3 Å². The number of nitrogens with one attached hydrogen (secondary N) is 1. The number of benzene rings is 1. The van der Waals surface area contributed by atoms with Gasteiger partial charge in [-0.1, -0.05) is 26.0 Å². The molecule has 0 bridgehead atoms. The highest BCUT2D eigenvalue weighted by Crippen LogP contribution is 2.22. The van der Waals surface area contributed by atoms with Crippen molar-refractivity contribution in [2.24, 2.45) is 17.6 Å². The lowest BCUT2D eigenvalue weighted by Gasteiger charge is -2.21. The van der Waals surface area contributed by atoms with Crippen LogP contribution in [-0.2, 0) is 16.1 Å². The van der Waals surface area contributed by atoms with Gasteiger partial charge in [0.25, 0.3) is 0 Å². The van der Waals surface area contributed by atoms with Crippen molar-refractivity contribution in [3.8, 4) is 5.75 Å². The molecule has 6 nitrogen and oxygen atoms in total. The standard InChI is InChI=1S/C19H29N3O3/c1-13(2)8-16(10-20)21-19(24)15-9-18(23)22(12-15)11-14-4-6-17(25-3)7-5-14/h4-7,13,15-16H,8-12,20H2,1-3H3,(H,21,24). The fourth-order valence-corrected chi connectivity index (χ4v) is 3.15. The predicted octanol–water partition coefficient (Wildman–Crippen LogP) is 1.53. The zero-order valence-electron chi connectivity index (χ0n) is 15.3. The summed E-state index contributed by atoms with van der Waals surface area (Å²) in [6.45, 7) is 5.59. The Balaban J connectivity index is 1.90. The number of hydrogen-bond donors (Lipinski definition) is 2. The number of nitrogens with two attached hydrogens (primary N) is 1. The zero-order valence-corrected chi connectivity index (χ0v) is 15.3.